The molecule has 0 spiro atoms. The summed E-state index contributed by atoms with van der Waals surface area (Å²) in [5, 5.41) is 11.1. The summed E-state index contributed by atoms with van der Waals surface area (Å²) in [4.78, 5) is 21.4. The third-order valence-corrected chi connectivity index (χ3v) is 1.97. The number of hydrogen-bond donors (Lipinski definition) is 2. The van der Waals surface area contributed by atoms with Crippen LogP contribution in [0.3, 0.4) is 0 Å². The lowest BCUT2D eigenvalue weighted by Gasteiger charge is -2.14. The summed E-state index contributed by atoms with van der Waals surface area (Å²) in [6, 6.07) is -0.766. The van der Waals surface area contributed by atoms with Gasteiger partial charge in [0.15, 0.2) is 0 Å². The molecule has 0 saturated heterocycles. The molecule has 1 amide bonds. The Hall–Kier alpha value is -0.580. The lowest BCUT2D eigenvalue weighted by Crippen LogP contribution is -2.43. The second kappa shape index (κ2) is 5.96. The number of rotatable bonds is 5. The van der Waals surface area contributed by atoms with Gasteiger partial charge in [-0.1, -0.05) is 29.3 Å². The van der Waals surface area contributed by atoms with Crippen molar-refractivity contribution < 1.29 is 14.7 Å². The van der Waals surface area contributed by atoms with Crippen LogP contribution in [0.2, 0.25) is 0 Å². The number of alkyl halides is 1. The molecule has 0 fully saturated rings. The summed E-state index contributed by atoms with van der Waals surface area (Å²) in [5.41, 5.74) is 0. The van der Waals surface area contributed by atoms with Crippen molar-refractivity contribution in [3.63, 3.8) is 0 Å². The first-order chi connectivity index (χ1) is 5.99. The first-order valence-electron chi connectivity index (χ1n) is 4.16. The van der Waals surface area contributed by atoms with E-state index >= 15 is 0 Å². The van der Waals surface area contributed by atoms with E-state index in [9.17, 15) is 9.59 Å². The molecule has 0 bridgehead atoms. The summed E-state index contributed by atoms with van der Waals surface area (Å²) in [6.45, 7) is 3.53. The van der Waals surface area contributed by atoms with Crippen molar-refractivity contribution in [1.29, 1.82) is 0 Å². The van der Waals surface area contributed by atoms with Crippen molar-refractivity contribution in [3.05, 3.63) is 0 Å². The van der Waals surface area contributed by atoms with E-state index in [0.29, 0.717) is 6.42 Å². The molecule has 0 rings (SSSR count). The van der Waals surface area contributed by atoms with Gasteiger partial charge in [0.05, 0.1) is 4.83 Å². The molecular weight excluding hydrogens is 238 g/mol. The topological polar surface area (TPSA) is 66.4 Å². The Bertz CT molecular complexity index is 194. The Morgan fingerprint density at radius 1 is 1.54 bits per heavy atom. The monoisotopic (exact) mass is 251 g/mol. The fourth-order valence-corrected chi connectivity index (χ4v) is 0.965. The predicted molar refractivity (Wildman–Crippen MR) is 52.9 cm³/mol. The average Bonchev–Trinajstić information content (AvgIpc) is 2.03. The molecule has 0 aromatic carbocycles. The van der Waals surface area contributed by atoms with E-state index < -0.39 is 12.0 Å². The minimum absolute atomic E-state index is 0.291. The molecule has 76 valence electrons. The van der Waals surface area contributed by atoms with Crippen LogP contribution in [0.5, 0.6) is 0 Å². The average molecular weight is 252 g/mol. The van der Waals surface area contributed by atoms with Gasteiger partial charge < -0.3 is 10.4 Å². The van der Waals surface area contributed by atoms with Gasteiger partial charge in [-0.25, -0.2) is 4.79 Å². The Morgan fingerprint density at radius 3 is 2.38 bits per heavy atom. The third kappa shape index (κ3) is 4.87. The molecule has 0 aliphatic heterocycles. The quantitative estimate of drug-likeness (QED) is 0.721. The van der Waals surface area contributed by atoms with E-state index in [2.05, 4.69) is 21.2 Å². The first-order valence-corrected chi connectivity index (χ1v) is 5.07. The van der Waals surface area contributed by atoms with Gasteiger partial charge in [0, 0.05) is 0 Å². The Balaban J connectivity index is 4.10. The summed E-state index contributed by atoms with van der Waals surface area (Å²) in [6.07, 6.45) is 1.19. The van der Waals surface area contributed by atoms with Crippen LogP contribution in [0.4, 0.5) is 0 Å². The molecule has 0 radical (unpaired) electrons. The van der Waals surface area contributed by atoms with Gasteiger partial charge in [-0.3, -0.25) is 4.79 Å². The zero-order chi connectivity index (χ0) is 10.4. The molecule has 4 nitrogen and oxygen atoms in total. The van der Waals surface area contributed by atoms with Gasteiger partial charge in [0.1, 0.15) is 6.04 Å². The summed E-state index contributed by atoms with van der Waals surface area (Å²) in [7, 11) is 0. The van der Waals surface area contributed by atoms with Crippen molar-refractivity contribution in [2.24, 2.45) is 0 Å². The van der Waals surface area contributed by atoms with Crippen LogP contribution < -0.4 is 5.32 Å². The van der Waals surface area contributed by atoms with Crippen LogP contribution in [-0.2, 0) is 9.59 Å². The zero-order valence-corrected chi connectivity index (χ0v) is 9.30. The zero-order valence-electron chi connectivity index (χ0n) is 7.71. The number of amides is 1. The van der Waals surface area contributed by atoms with Crippen molar-refractivity contribution in [2.75, 3.05) is 0 Å². The maximum atomic E-state index is 11.1. The van der Waals surface area contributed by atoms with Crippen LogP contribution in [0.1, 0.15) is 26.7 Å². The van der Waals surface area contributed by atoms with E-state index in [4.69, 9.17) is 5.11 Å². The normalized spacial score (nSPS) is 14.7. The van der Waals surface area contributed by atoms with Crippen molar-refractivity contribution in [1.82, 2.24) is 5.32 Å². The van der Waals surface area contributed by atoms with Crippen LogP contribution in [-0.4, -0.2) is 27.9 Å². The molecular formula is C8H14BrNO3. The largest absolute Gasteiger partial charge is 0.480 e. The molecule has 0 aromatic heterocycles. The molecule has 0 aromatic rings. The molecule has 0 saturated carbocycles. The molecule has 2 N–H and O–H groups in total. The van der Waals surface area contributed by atoms with E-state index in [0.717, 1.165) is 6.42 Å². The maximum absolute atomic E-state index is 11.1. The molecule has 0 aliphatic rings. The SMILES string of the molecule is CCC[C@H](NC(=O)C(C)Br)C(=O)O. The fourth-order valence-electron chi connectivity index (χ4n) is 0.833. The van der Waals surface area contributed by atoms with Crippen molar-refractivity contribution in [2.45, 2.75) is 37.6 Å². The Kier molecular flexibility index (Phi) is 5.70. The van der Waals surface area contributed by atoms with E-state index in [1.165, 1.54) is 0 Å². The van der Waals surface area contributed by atoms with Gasteiger partial charge in [0.2, 0.25) is 5.91 Å². The number of carbonyl (C=O) groups excluding carboxylic acids is 1. The highest BCUT2D eigenvalue weighted by Gasteiger charge is 2.20. The minimum Gasteiger partial charge on any atom is -0.480 e. The summed E-state index contributed by atoms with van der Waals surface area (Å²) < 4.78 is 0. The van der Waals surface area contributed by atoms with E-state index in [1.807, 2.05) is 6.92 Å². The number of hydrogen-bond acceptors (Lipinski definition) is 2. The van der Waals surface area contributed by atoms with Gasteiger partial charge in [-0.05, 0) is 13.3 Å². The molecule has 1 unspecified atom stereocenters. The summed E-state index contributed by atoms with van der Waals surface area (Å²) in [5.74, 6) is -1.27. The number of aliphatic carboxylic acids is 1. The van der Waals surface area contributed by atoms with Crippen molar-refractivity contribution >= 4 is 27.8 Å². The molecule has 0 aliphatic carbocycles. The van der Waals surface area contributed by atoms with Crippen LogP contribution in [0.15, 0.2) is 0 Å². The fraction of sp³-hybridized carbons (Fsp3) is 0.750. The van der Waals surface area contributed by atoms with Gasteiger partial charge in [-0.2, -0.15) is 0 Å². The Morgan fingerprint density at radius 2 is 2.08 bits per heavy atom. The lowest BCUT2D eigenvalue weighted by atomic mass is 10.1. The molecule has 13 heavy (non-hydrogen) atoms. The van der Waals surface area contributed by atoms with Crippen molar-refractivity contribution in [3.8, 4) is 0 Å². The maximum Gasteiger partial charge on any atom is 0.326 e. The van der Waals surface area contributed by atoms with Gasteiger partial charge >= 0.3 is 5.97 Å². The van der Waals surface area contributed by atoms with E-state index in [1.54, 1.807) is 6.92 Å². The number of carboxylic acids is 1. The highest BCUT2D eigenvalue weighted by Crippen LogP contribution is 2.01. The van der Waals surface area contributed by atoms with E-state index in [-0.39, 0.29) is 10.7 Å². The van der Waals surface area contributed by atoms with Crippen LogP contribution in [0, 0.1) is 0 Å². The standard InChI is InChI=1S/C8H14BrNO3/c1-3-4-6(8(12)13)10-7(11)5(2)9/h5-6H,3-4H2,1-2H3,(H,10,11)(H,12,13)/t5?,6-/m0/s1. The van der Waals surface area contributed by atoms with Crippen LogP contribution in [0.25, 0.3) is 0 Å². The number of nitrogens with one attached hydrogen (secondary N) is 1. The highest BCUT2D eigenvalue weighted by molar-refractivity contribution is 9.10. The highest BCUT2D eigenvalue weighted by atomic mass is 79.9. The second-order valence-corrected chi connectivity index (χ2v) is 4.18. The number of carbonyl (C=O) groups is 2. The molecule has 2 atom stereocenters. The van der Waals surface area contributed by atoms with Gasteiger partial charge in [0.25, 0.3) is 0 Å². The smallest absolute Gasteiger partial charge is 0.326 e. The summed E-state index contributed by atoms with van der Waals surface area (Å²) >= 11 is 3.06. The molecule has 5 heteroatoms. The molecule has 0 heterocycles. The number of carboxylic acid groups (broad SMARTS) is 1. The first kappa shape index (κ1) is 12.4. The van der Waals surface area contributed by atoms with Gasteiger partial charge in [-0.15, -0.1) is 0 Å². The Labute approximate surface area is 85.8 Å². The second-order valence-electron chi connectivity index (χ2n) is 2.80. The lowest BCUT2D eigenvalue weighted by molar-refractivity contribution is -0.141. The predicted octanol–water partition coefficient (Wildman–Crippen LogP) is 1.14. The number of halogens is 1. The third-order valence-electron chi connectivity index (χ3n) is 1.55. The van der Waals surface area contributed by atoms with Crippen LogP contribution >= 0.6 is 15.9 Å². The minimum atomic E-state index is -0.983.